The van der Waals surface area contributed by atoms with Crippen molar-refractivity contribution in [2.75, 3.05) is 0 Å². The Kier molecular flexibility index (Phi) is 2.95. The first-order chi connectivity index (χ1) is 11.9. The van der Waals surface area contributed by atoms with Gasteiger partial charge in [-0.3, -0.25) is 0 Å². The van der Waals surface area contributed by atoms with Gasteiger partial charge in [-0.2, -0.15) is 5.10 Å². The fourth-order valence-corrected chi connectivity index (χ4v) is 3.46. The number of para-hydroxylation sites is 1. The second-order valence-corrected chi connectivity index (χ2v) is 6.04. The first kappa shape index (κ1) is 13.4. The van der Waals surface area contributed by atoms with Gasteiger partial charge in [0.05, 0.1) is 12.3 Å². The molecule has 3 aromatic rings. The van der Waals surface area contributed by atoms with E-state index in [1.165, 1.54) is 5.56 Å². The van der Waals surface area contributed by atoms with E-state index in [-0.39, 0.29) is 12.3 Å². The van der Waals surface area contributed by atoms with Crippen LogP contribution in [0.3, 0.4) is 0 Å². The molecule has 24 heavy (non-hydrogen) atoms. The quantitative estimate of drug-likeness (QED) is 0.697. The van der Waals surface area contributed by atoms with Gasteiger partial charge < -0.3 is 9.15 Å². The molecule has 1 aromatic heterocycles. The van der Waals surface area contributed by atoms with Gasteiger partial charge in [0.1, 0.15) is 17.2 Å². The molecule has 5 rings (SSSR count). The van der Waals surface area contributed by atoms with Crippen LogP contribution in [-0.2, 0) is 0 Å². The molecule has 0 saturated carbocycles. The molecule has 118 valence electrons. The molecule has 2 aliphatic heterocycles. The molecule has 2 aliphatic rings. The molecule has 4 nitrogen and oxygen atoms in total. The minimum Gasteiger partial charge on any atom is -0.464 e. The molecule has 0 saturated heterocycles. The number of ether oxygens (including phenoxy) is 1. The van der Waals surface area contributed by atoms with E-state index in [1.807, 2.05) is 48.5 Å². The van der Waals surface area contributed by atoms with E-state index in [2.05, 4.69) is 23.2 Å². The lowest BCUT2D eigenvalue weighted by atomic mass is 9.97. The summed E-state index contributed by atoms with van der Waals surface area (Å²) >= 11 is 0. The summed E-state index contributed by atoms with van der Waals surface area (Å²) in [7, 11) is 0. The van der Waals surface area contributed by atoms with Crippen LogP contribution in [0.4, 0.5) is 0 Å². The first-order valence-electron chi connectivity index (χ1n) is 8.10. The minimum atomic E-state index is -0.224. The molecule has 4 heteroatoms. The van der Waals surface area contributed by atoms with Crippen LogP contribution in [0.2, 0.25) is 0 Å². The van der Waals surface area contributed by atoms with Crippen LogP contribution in [0.25, 0.3) is 0 Å². The summed E-state index contributed by atoms with van der Waals surface area (Å²) in [5.41, 5.74) is 3.24. The Hall–Kier alpha value is -3.01. The second kappa shape index (κ2) is 5.27. The topological polar surface area (TPSA) is 38.0 Å². The maximum Gasteiger partial charge on any atom is 0.213 e. The highest BCUT2D eigenvalue weighted by Gasteiger charge is 2.41. The number of benzene rings is 2. The fourth-order valence-electron chi connectivity index (χ4n) is 3.46. The summed E-state index contributed by atoms with van der Waals surface area (Å²) in [5, 5.41) is 6.91. The van der Waals surface area contributed by atoms with Gasteiger partial charge in [-0.15, -0.1) is 0 Å². The molecule has 3 heterocycles. The fraction of sp³-hybridized carbons (Fsp3) is 0.150. The SMILES string of the molecule is c1ccc([C@@H]2Oc3ccccc3[C@H]3CC(c4ccco4)=NN32)cc1. The third-order valence-electron chi connectivity index (χ3n) is 4.59. The highest BCUT2D eigenvalue weighted by Crippen LogP contribution is 2.47. The van der Waals surface area contributed by atoms with Crippen molar-refractivity contribution < 1.29 is 9.15 Å². The van der Waals surface area contributed by atoms with Crippen molar-refractivity contribution in [3.63, 3.8) is 0 Å². The summed E-state index contributed by atoms with van der Waals surface area (Å²) < 4.78 is 11.8. The zero-order valence-corrected chi connectivity index (χ0v) is 13.0. The number of hydrogen-bond donors (Lipinski definition) is 0. The molecule has 0 N–H and O–H groups in total. The standard InChI is InChI=1S/C20H16N2O2/c1-2-7-14(8-3-1)20-22-17(15-9-4-5-10-18(15)24-20)13-16(21-22)19-11-6-12-23-19/h1-12,17,20H,13H2/t17-,20+/m1/s1. The Morgan fingerprint density at radius 1 is 0.917 bits per heavy atom. The number of fused-ring (bicyclic) bond motifs is 3. The Balaban J connectivity index is 1.62. The van der Waals surface area contributed by atoms with E-state index >= 15 is 0 Å². The van der Waals surface area contributed by atoms with Crippen molar-refractivity contribution in [3.8, 4) is 5.75 Å². The van der Waals surface area contributed by atoms with Crippen molar-refractivity contribution in [3.05, 3.63) is 89.9 Å². The maximum atomic E-state index is 6.29. The van der Waals surface area contributed by atoms with Gasteiger partial charge in [-0.1, -0.05) is 48.5 Å². The summed E-state index contributed by atoms with van der Waals surface area (Å²) in [6.45, 7) is 0. The van der Waals surface area contributed by atoms with Crippen molar-refractivity contribution in [2.45, 2.75) is 18.7 Å². The molecular formula is C20H16N2O2. The predicted molar refractivity (Wildman–Crippen MR) is 90.7 cm³/mol. The molecule has 0 aliphatic carbocycles. The minimum absolute atomic E-state index is 0.167. The van der Waals surface area contributed by atoms with Crippen molar-refractivity contribution in [2.24, 2.45) is 5.10 Å². The van der Waals surface area contributed by atoms with Gasteiger partial charge in [-0.25, -0.2) is 5.01 Å². The highest BCUT2D eigenvalue weighted by atomic mass is 16.5. The van der Waals surface area contributed by atoms with Gasteiger partial charge in [0, 0.05) is 17.5 Å². The molecule has 2 aromatic carbocycles. The lowest BCUT2D eigenvalue weighted by molar-refractivity contribution is -0.0190. The van der Waals surface area contributed by atoms with Crippen LogP contribution in [0, 0.1) is 0 Å². The first-order valence-corrected chi connectivity index (χ1v) is 8.10. The summed E-state index contributed by atoms with van der Waals surface area (Å²) in [4.78, 5) is 0. The maximum absolute atomic E-state index is 6.29. The molecule has 0 radical (unpaired) electrons. The smallest absolute Gasteiger partial charge is 0.213 e. The van der Waals surface area contributed by atoms with Crippen LogP contribution in [-0.4, -0.2) is 10.7 Å². The number of hydrazone groups is 1. The number of nitrogens with zero attached hydrogens (tertiary/aromatic N) is 2. The van der Waals surface area contributed by atoms with Crippen molar-refractivity contribution in [1.82, 2.24) is 5.01 Å². The van der Waals surface area contributed by atoms with Gasteiger partial charge in [0.2, 0.25) is 6.23 Å². The lowest BCUT2D eigenvalue weighted by Crippen LogP contribution is -2.33. The summed E-state index contributed by atoms with van der Waals surface area (Å²) in [6, 6.07) is 22.5. The van der Waals surface area contributed by atoms with E-state index in [9.17, 15) is 0 Å². The van der Waals surface area contributed by atoms with Crippen LogP contribution in [0.1, 0.15) is 35.6 Å². The Labute approximate surface area is 140 Å². The largest absolute Gasteiger partial charge is 0.464 e. The molecule has 0 unspecified atom stereocenters. The zero-order chi connectivity index (χ0) is 15.9. The number of furan rings is 1. The Morgan fingerprint density at radius 2 is 1.75 bits per heavy atom. The second-order valence-electron chi connectivity index (χ2n) is 6.04. The number of hydrogen-bond acceptors (Lipinski definition) is 4. The molecule has 0 fully saturated rings. The average molecular weight is 316 g/mol. The summed E-state index contributed by atoms with van der Waals surface area (Å²) in [5.74, 6) is 1.76. The van der Waals surface area contributed by atoms with Gasteiger partial charge in [-0.05, 0) is 18.2 Å². The van der Waals surface area contributed by atoms with Gasteiger partial charge in [0.15, 0.2) is 0 Å². The summed E-state index contributed by atoms with van der Waals surface area (Å²) in [6.07, 6.45) is 2.28. The van der Waals surface area contributed by atoms with Gasteiger partial charge >= 0.3 is 0 Å². The predicted octanol–water partition coefficient (Wildman–Crippen LogP) is 4.52. The Bertz CT molecular complexity index is 887. The molecule has 0 spiro atoms. The van der Waals surface area contributed by atoms with E-state index in [0.29, 0.717) is 0 Å². The van der Waals surface area contributed by atoms with Crippen molar-refractivity contribution in [1.29, 1.82) is 0 Å². The van der Waals surface area contributed by atoms with E-state index in [0.717, 1.165) is 29.2 Å². The highest BCUT2D eigenvalue weighted by molar-refractivity contribution is 5.99. The third kappa shape index (κ3) is 2.03. The molecule has 0 bridgehead atoms. The van der Waals surface area contributed by atoms with Crippen LogP contribution in [0.15, 0.2) is 82.5 Å². The molecule has 2 atom stereocenters. The lowest BCUT2D eigenvalue weighted by Gasteiger charge is -2.38. The van der Waals surface area contributed by atoms with E-state index in [4.69, 9.17) is 14.3 Å². The average Bonchev–Trinajstić information content (AvgIpc) is 3.31. The Morgan fingerprint density at radius 3 is 2.58 bits per heavy atom. The molecular weight excluding hydrogens is 300 g/mol. The van der Waals surface area contributed by atoms with Crippen LogP contribution in [0.5, 0.6) is 5.75 Å². The number of rotatable bonds is 2. The van der Waals surface area contributed by atoms with Crippen LogP contribution < -0.4 is 4.74 Å². The third-order valence-corrected chi connectivity index (χ3v) is 4.59. The van der Waals surface area contributed by atoms with E-state index in [1.54, 1.807) is 6.26 Å². The van der Waals surface area contributed by atoms with Crippen molar-refractivity contribution >= 4 is 5.71 Å². The monoisotopic (exact) mass is 316 g/mol. The van der Waals surface area contributed by atoms with E-state index < -0.39 is 0 Å². The zero-order valence-electron chi connectivity index (χ0n) is 13.0. The normalized spacial score (nSPS) is 21.7. The van der Waals surface area contributed by atoms with Crippen LogP contribution >= 0.6 is 0 Å². The van der Waals surface area contributed by atoms with Gasteiger partial charge in [0.25, 0.3) is 0 Å². The molecule has 0 amide bonds.